The molecule has 2 nitrogen and oxygen atoms in total. The first-order chi connectivity index (χ1) is 8.81. The Kier molecular flexibility index (Phi) is 4.85. The minimum Gasteiger partial charge on any atom is -0.491 e. The van der Waals surface area contributed by atoms with E-state index in [2.05, 4.69) is 4.98 Å². The summed E-state index contributed by atoms with van der Waals surface area (Å²) in [6.07, 6.45) is 4.36. The standard InChI is InChI=1S/C14H13Cl2NO/c15-10-12-2-1-3-13(16)14(12)18-9-6-11-4-7-17-8-5-11/h1-5,7-8H,6,9-10H2. The van der Waals surface area contributed by atoms with Crippen molar-refractivity contribution >= 4 is 23.2 Å². The average Bonchev–Trinajstić information content (AvgIpc) is 2.41. The molecule has 94 valence electrons. The van der Waals surface area contributed by atoms with Crippen LogP contribution in [-0.2, 0) is 12.3 Å². The zero-order chi connectivity index (χ0) is 12.8. The number of pyridine rings is 1. The molecule has 0 radical (unpaired) electrons. The minimum absolute atomic E-state index is 0.394. The Morgan fingerprint density at radius 2 is 1.89 bits per heavy atom. The fraction of sp³-hybridized carbons (Fsp3) is 0.214. The Balaban J connectivity index is 1.98. The van der Waals surface area contributed by atoms with Gasteiger partial charge in [0.15, 0.2) is 0 Å². The van der Waals surface area contributed by atoms with Crippen molar-refractivity contribution in [3.05, 3.63) is 58.9 Å². The second-order valence-electron chi connectivity index (χ2n) is 3.82. The number of aromatic nitrogens is 1. The van der Waals surface area contributed by atoms with E-state index in [1.54, 1.807) is 18.5 Å². The highest BCUT2D eigenvalue weighted by atomic mass is 35.5. The molecule has 1 heterocycles. The Morgan fingerprint density at radius 1 is 1.11 bits per heavy atom. The van der Waals surface area contributed by atoms with E-state index < -0.39 is 0 Å². The quantitative estimate of drug-likeness (QED) is 0.770. The van der Waals surface area contributed by atoms with Crippen LogP contribution >= 0.6 is 23.2 Å². The predicted molar refractivity (Wildman–Crippen MR) is 74.4 cm³/mol. The molecule has 4 heteroatoms. The second kappa shape index (κ2) is 6.62. The van der Waals surface area contributed by atoms with Gasteiger partial charge in [-0.15, -0.1) is 11.6 Å². The van der Waals surface area contributed by atoms with Gasteiger partial charge in [-0.25, -0.2) is 0 Å². The summed E-state index contributed by atoms with van der Waals surface area (Å²) in [7, 11) is 0. The van der Waals surface area contributed by atoms with E-state index in [1.165, 1.54) is 5.56 Å². The smallest absolute Gasteiger partial charge is 0.142 e. The Bertz CT molecular complexity index is 502. The van der Waals surface area contributed by atoms with Gasteiger partial charge in [-0.3, -0.25) is 4.98 Å². The van der Waals surface area contributed by atoms with Crippen LogP contribution in [0.1, 0.15) is 11.1 Å². The normalized spacial score (nSPS) is 10.3. The topological polar surface area (TPSA) is 22.1 Å². The predicted octanol–water partition coefficient (Wildman–Crippen LogP) is 4.10. The van der Waals surface area contributed by atoms with Gasteiger partial charge in [0.25, 0.3) is 0 Å². The molecule has 1 aromatic carbocycles. The lowest BCUT2D eigenvalue weighted by atomic mass is 10.2. The van der Waals surface area contributed by atoms with Crippen molar-refractivity contribution in [2.75, 3.05) is 6.61 Å². The van der Waals surface area contributed by atoms with Crippen molar-refractivity contribution in [2.24, 2.45) is 0 Å². The van der Waals surface area contributed by atoms with E-state index >= 15 is 0 Å². The van der Waals surface area contributed by atoms with Crippen LogP contribution in [-0.4, -0.2) is 11.6 Å². The summed E-state index contributed by atoms with van der Waals surface area (Å²) < 4.78 is 5.73. The van der Waals surface area contributed by atoms with Crippen molar-refractivity contribution in [3.8, 4) is 5.75 Å². The van der Waals surface area contributed by atoms with Crippen LogP contribution in [0.3, 0.4) is 0 Å². The molecule has 0 bridgehead atoms. The van der Waals surface area contributed by atoms with Gasteiger partial charge in [0, 0.05) is 24.4 Å². The monoisotopic (exact) mass is 281 g/mol. The lowest BCUT2D eigenvalue weighted by molar-refractivity contribution is 0.319. The van der Waals surface area contributed by atoms with Crippen LogP contribution in [0, 0.1) is 0 Å². The van der Waals surface area contributed by atoms with Gasteiger partial charge in [0.2, 0.25) is 0 Å². The Labute approximate surface area is 117 Å². The van der Waals surface area contributed by atoms with Crippen LogP contribution in [0.25, 0.3) is 0 Å². The summed E-state index contributed by atoms with van der Waals surface area (Å²) >= 11 is 11.9. The molecule has 0 aliphatic carbocycles. The molecule has 0 atom stereocenters. The average molecular weight is 282 g/mol. The van der Waals surface area contributed by atoms with E-state index in [4.69, 9.17) is 27.9 Å². The fourth-order valence-corrected chi connectivity index (χ4v) is 2.10. The zero-order valence-corrected chi connectivity index (χ0v) is 11.3. The molecule has 2 rings (SSSR count). The molecule has 0 N–H and O–H groups in total. The van der Waals surface area contributed by atoms with E-state index in [0.717, 1.165) is 12.0 Å². The highest BCUT2D eigenvalue weighted by Gasteiger charge is 2.07. The molecule has 1 aromatic heterocycles. The number of ether oxygens (including phenoxy) is 1. The fourth-order valence-electron chi connectivity index (χ4n) is 1.64. The molecule has 0 aliphatic rings. The summed E-state index contributed by atoms with van der Waals surface area (Å²) in [5.41, 5.74) is 2.10. The number of hydrogen-bond donors (Lipinski definition) is 0. The molecule has 0 unspecified atom stereocenters. The maximum Gasteiger partial charge on any atom is 0.142 e. The highest BCUT2D eigenvalue weighted by molar-refractivity contribution is 6.32. The van der Waals surface area contributed by atoms with E-state index in [9.17, 15) is 0 Å². The van der Waals surface area contributed by atoms with Crippen molar-refractivity contribution in [2.45, 2.75) is 12.3 Å². The van der Waals surface area contributed by atoms with E-state index in [1.807, 2.05) is 24.3 Å². The molecule has 0 saturated heterocycles. The van der Waals surface area contributed by atoms with Crippen LogP contribution in [0.5, 0.6) is 5.75 Å². The van der Waals surface area contributed by atoms with Gasteiger partial charge in [0.05, 0.1) is 17.5 Å². The molecule has 2 aromatic rings. The number of benzene rings is 1. The molecule has 0 aliphatic heterocycles. The SMILES string of the molecule is ClCc1cccc(Cl)c1OCCc1ccncc1. The third kappa shape index (κ3) is 3.37. The van der Waals surface area contributed by atoms with Crippen molar-refractivity contribution in [1.29, 1.82) is 0 Å². The lowest BCUT2D eigenvalue weighted by Crippen LogP contribution is -2.03. The van der Waals surface area contributed by atoms with Crippen LogP contribution in [0.4, 0.5) is 0 Å². The van der Waals surface area contributed by atoms with E-state index in [-0.39, 0.29) is 0 Å². The summed E-state index contributed by atoms with van der Waals surface area (Å²) in [5, 5.41) is 0.600. The van der Waals surface area contributed by atoms with Crippen molar-refractivity contribution in [1.82, 2.24) is 4.98 Å². The van der Waals surface area contributed by atoms with Crippen LogP contribution in [0.2, 0.25) is 5.02 Å². The van der Waals surface area contributed by atoms with Gasteiger partial charge in [-0.05, 0) is 23.8 Å². The number of rotatable bonds is 5. The maximum absolute atomic E-state index is 6.10. The molecular formula is C14H13Cl2NO. The first-order valence-corrected chi connectivity index (χ1v) is 6.57. The van der Waals surface area contributed by atoms with Gasteiger partial charge < -0.3 is 4.74 Å². The largest absolute Gasteiger partial charge is 0.491 e. The van der Waals surface area contributed by atoms with Crippen molar-refractivity contribution in [3.63, 3.8) is 0 Å². The van der Waals surface area contributed by atoms with Crippen LogP contribution < -0.4 is 4.74 Å². The summed E-state index contributed by atoms with van der Waals surface area (Å²) in [4.78, 5) is 3.97. The third-order valence-corrected chi connectivity index (χ3v) is 3.16. The number of hydrogen-bond acceptors (Lipinski definition) is 2. The second-order valence-corrected chi connectivity index (χ2v) is 4.49. The Morgan fingerprint density at radius 3 is 2.61 bits per heavy atom. The molecule has 0 saturated carbocycles. The van der Waals surface area contributed by atoms with Crippen LogP contribution in [0.15, 0.2) is 42.7 Å². The number of halogens is 2. The zero-order valence-electron chi connectivity index (χ0n) is 9.77. The van der Waals surface area contributed by atoms with Gasteiger partial charge >= 0.3 is 0 Å². The number of para-hydroxylation sites is 1. The first-order valence-electron chi connectivity index (χ1n) is 5.66. The highest BCUT2D eigenvalue weighted by Crippen LogP contribution is 2.29. The molecular weight excluding hydrogens is 269 g/mol. The number of alkyl halides is 1. The molecule has 0 amide bonds. The molecule has 0 spiro atoms. The van der Waals surface area contributed by atoms with Gasteiger partial charge in [0.1, 0.15) is 5.75 Å². The van der Waals surface area contributed by atoms with Crippen molar-refractivity contribution < 1.29 is 4.74 Å². The molecule has 0 fully saturated rings. The summed E-state index contributed by atoms with van der Waals surface area (Å²) in [5.74, 6) is 1.08. The first kappa shape index (κ1) is 13.2. The lowest BCUT2D eigenvalue weighted by Gasteiger charge is -2.11. The van der Waals surface area contributed by atoms with Gasteiger partial charge in [-0.1, -0.05) is 23.7 Å². The summed E-state index contributed by atoms with van der Waals surface area (Å²) in [6, 6.07) is 9.53. The van der Waals surface area contributed by atoms with Gasteiger partial charge in [-0.2, -0.15) is 0 Å². The third-order valence-electron chi connectivity index (χ3n) is 2.58. The number of nitrogens with zero attached hydrogens (tertiary/aromatic N) is 1. The van der Waals surface area contributed by atoms with E-state index in [0.29, 0.717) is 23.3 Å². The Hall–Kier alpha value is -1.25. The minimum atomic E-state index is 0.394. The molecule has 18 heavy (non-hydrogen) atoms. The maximum atomic E-state index is 6.10. The summed E-state index contributed by atoms with van der Waals surface area (Å²) in [6.45, 7) is 0.567.